The van der Waals surface area contributed by atoms with E-state index in [0.29, 0.717) is 18.2 Å². The summed E-state index contributed by atoms with van der Waals surface area (Å²) in [4.78, 5) is -0.0420. The molecule has 3 aromatic rings. The molecule has 4 rings (SSSR count). The lowest BCUT2D eigenvalue weighted by molar-refractivity contribution is 0.0247. The molecule has 0 aliphatic carbocycles. The molecule has 2 unspecified atom stereocenters. The second-order valence-electron chi connectivity index (χ2n) is 8.20. The van der Waals surface area contributed by atoms with Gasteiger partial charge in [0.15, 0.2) is 21.4 Å². The van der Waals surface area contributed by atoms with Gasteiger partial charge in [-0.15, -0.1) is 0 Å². The van der Waals surface area contributed by atoms with Crippen LogP contribution in [0.5, 0.6) is 5.75 Å². The molecule has 1 aliphatic rings. The second-order valence-corrected chi connectivity index (χ2v) is 10.7. The highest BCUT2D eigenvalue weighted by Crippen LogP contribution is 2.45. The van der Waals surface area contributed by atoms with Crippen molar-refractivity contribution in [1.29, 1.82) is 0 Å². The molecule has 0 fully saturated rings. The molecule has 0 amide bonds. The van der Waals surface area contributed by atoms with E-state index < -0.39 is 32.6 Å². The number of sulfone groups is 1. The standard InChI is InChI=1S/C26H25ClF2O5S/c27-20-6-8-21(9-7-20)35(30,31)26-19(12-13-34-25-23(29)11-10-22(28)24(25)26)17-33-15-14-32-16-18-4-2-1-3-5-18/h1-11,19,26H,12-17H2. The summed E-state index contributed by atoms with van der Waals surface area (Å²) in [5.41, 5.74) is 0.711. The normalized spacial score (nSPS) is 17.9. The molecule has 3 aromatic carbocycles. The number of hydrogen-bond acceptors (Lipinski definition) is 5. The number of hydrogen-bond donors (Lipinski definition) is 0. The van der Waals surface area contributed by atoms with E-state index >= 15 is 4.39 Å². The minimum absolute atomic E-state index is 0.00490. The number of fused-ring (bicyclic) bond motifs is 1. The Labute approximate surface area is 208 Å². The molecule has 1 heterocycles. The number of rotatable bonds is 9. The minimum atomic E-state index is -4.14. The van der Waals surface area contributed by atoms with Crippen molar-refractivity contribution in [2.45, 2.75) is 23.2 Å². The third kappa shape index (κ3) is 6.01. The Bertz CT molecular complexity index is 1240. The monoisotopic (exact) mass is 522 g/mol. The van der Waals surface area contributed by atoms with Gasteiger partial charge in [0.2, 0.25) is 0 Å². The van der Waals surface area contributed by atoms with E-state index in [2.05, 4.69) is 0 Å². The summed E-state index contributed by atoms with van der Waals surface area (Å²) >= 11 is 5.92. The second kappa shape index (κ2) is 11.5. The number of halogens is 3. The Morgan fingerprint density at radius 1 is 0.914 bits per heavy atom. The first-order valence-electron chi connectivity index (χ1n) is 11.2. The van der Waals surface area contributed by atoms with Crippen molar-refractivity contribution < 1.29 is 31.4 Å². The molecule has 2 atom stereocenters. The van der Waals surface area contributed by atoms with Crippen LogP contribution >= 0.6 is 11.6 Å². The predicted octanol–water partition coefficient (Wildman–Crippen LogP) is 5.77. The summed E-state index contributed by atoms with van der Waals surface area (Å²) in [6, 6.07) is 17.1. The van der Waals surface area contributed by atoms with Crippen LogP contribution in [0.3, 0.4) is 0 Å². The van der Waals surface area contributed by atoms with E-state index in [-0.39, 0.29) is 42.4 Å². The minimum Gasteiger partial charge on any atom is -0.490 e. The van der Waals surface area contributed by atoms with Crippen LogP contribution in [0.15, 0.2) is 71.6 Å². The molecule has 9 heteroatoms. The van der Waals surface area contributed by atoms with Gasteiger partial charge in [-0.3, -0.25) is 0 Å². The van der Waals surface area contributed by atoms with Gasteiger partial charge < -0.3 is 14.2 Å². The maximum absolute atomic E-state index is 15.0. The molecule has 0 aromatic heterocycles. The number of ether oxygens (including phenoxy) is 3. The lowest BCUT2D eigenvalue weighted by Gasteiger charge is -2.26. The van der Waals surface area contributed by atoms with E-state index in [9.17, 15) is 12.8 Å². The molecular weight excluding hydrogens is 498 g/mol. The van der Waals surface area contributed by atoms with Gasteiger partial charge in [-0.05, 0) is 48.4 Å². The van der Waals surface area contributed by atoms with Crippen LogP contribution < -0.4 is 4.74 Å². The Balaban J connectivity index is 1.54. The molecule has 35 heavy (non-hydrogen) atoms. The van der Waals surface area contributed by atoms with Crippen LogP contribution in [0.4, 0.5) is 8.78 Å². The quantitative estimate of drug-likeness (QED) is 0.334. The van der Waals surface area contributed by atoms with E-state index in [0.717, 1.165) is 17.7 Å². The Hall–Kier alpha value is -2.52. The first-order valence-corrected chi connectivity index (χ1v) is 13.1. The van der Waals surface area contributed by atoms with Crippen molar-refractivity contribution in [3.8, 4) is 5.75 Å². The molecule has 186 valence electrons. The summed E-state index contributed by atoms with van der Waals surface area (Å²) in [5.74, 6) is -2.71. The van der Waals surface area contributed by atoms with E-state index in [1.54, 1.807) is 0 Å². The zero-order chi connectivity index (χ0) is 24.8. The van der Waals surface area contributed by atoms with E-state index in [1.165, 1.54) is 24.3 Å². The topological polar surface area (TPSA) is 61.8 Å². The summed E-state index contributed by atoms with van der Waals surface area (Å²) in [6.45, 7) is 0.971. The van der Waals surface area contributed by atoms with E-state index in [4.69, 9.17) is 25.8 Å². The van der Waals surface area contributed by atoms with Gasteiger partial charge in [0.05, 0.1) is 43.5 Å². The molecular formula is C26H25ClF2O5S. The lowest BCUT2D eigenvalue weighted by Crippen LogP contribution is -2.27. The fourth-order valence-electron chi connectivity index (χ4n) is 4.13. The first-order chi connectivity index (χ1) is 16.9. The third-order valence-electron chi connectivity index (χ3n) is 5.83. The fraction of sp³-hybridized carbons (Fsp3) is 0.308. The van der Waals surface area contributed by atoms with E-state index in [1.807, 2.05) is 30.3 Å². The highest BCUT2D eigenvalue weighted by molar-refractivity contribution is 7.91. The molecule has 0 saturated heterocycles. The van der Waals surface area contributed by atoms with Crippen LogP contribution in [0.25, 0.3) is 0 Å². The van der Waals surface area contributed by atoms with Gasteiger partial charge in [0.1, 0.15) is 11.1 Å². The molecule has 5 nitrogen and oxygen atoms in total. The Morgan fingerprint density at radius 3 is 2.34 bits per heavy atom. The average molecular weight is 523 g/mol. The summed E-state index contributed by atoms with van der Waals surface area (Å²) in [5, 5.41) is -1.04. The van der Waals surface area contributed by atoms with Gasteiger partial charge in [-0.25, -0.2) is 17.2 Å². The largest absolute Gasteiger partial charge is 0.490 e. The zero-order valence-electron chi connectivity index (χ0n) is 18.8. The maximum Gasteiger partial charge on any atom is 0.185 e. The van der Waals surface area contributed by atoms with Crippen molar-refractivity contribution >= 4 is 21.4 Å². The highest BCUT2D eigenvalue weighted by atomic mass is 35.5. The van der Waals surface area contributed by atoms with Crippen LogP contribution in [0.2, 0.25) is 5.02 Å². The smallest absolute Gasteiger partial charge is 0.185 e. The van der Waals surface area contributed by atoms with Gasteiger partial charge in [-0.1, -0.05) is 41.9 Å². The average Bonchev–Trinajstić information content (AvgIpc) is 3.05. The first kappa shape index (κ1) is 25.6. The Morgan fingerprint density at radius 2 is 1.60 bits per heavy atom. The SMILES string of the molecule is O=S(=O)(c1ccc(Cl)cc1)C1c2c(F)ccc(F)c2OCCC1COCCOCc1ccccc1. The van der Waals surface area contributed by atoms with Crippen LogP contribution in [0.1, 0.15) is 22.8 Å². The third-order valence-corrected chi connectivity index (χ3v) is 8.30. The molecule has 0 N–H and O–H groups in total. The van der Waals surface area contributed by atoms with Gasteiger partial charge in [0.25, 0.3) is 0 Å². The summed E-state index contributed by atoms with van der Waals surface area (Å²) in [7, 11) is -4.14. The molecule has 0 saturated carbocycles. The highest BCUT2D eigenvalue weighted by Gasteiger charge is 2.42. The molecule has 1 aliphatic heterocycles. The van der Waals surface area contributed by atoms with Crippen molar-refractivity contribution in [2.75, 3.05) is 26.4 Å². The number of benzene rings is 3. The van der Waals surface area contributed by atoms with Crippen LogP contribution in [-0.4, -0.2) is 34.8 Å². The fourth-order valence-corrected chi connectivity index (χ4v) is 6.31. The lowest BCUT2D eigenvalue weighted by atomic mass is 9.96. The molecule has 0 spiro atoms. The van der Waals surface area contributed by atoms with Crippen molar-refractivity contribution in [3.05, 3.63) is 94.5 Å². The predicted molar refractivity (Wildman–Crippen MR) is 128 cm³/mol. The summed E-state index contributed by atoms with van der Waals surface area (Å²) in [6.07, 6.45) is 0.232. The van der Waals surface area contributed by atoms with Gasteiger partial charge >= 0.3 is 0 Å². The van der Waals surface area contributed by atoms with Crippen molar-refractivity contribution in [1.82, 2.24) is 0 Å². The Kier molecular flexibility index (Phi) is 8.38. The summed E-state index contributed by atoms with van der Waals surface area (Å²) < 4.78 is 73.8. The molecule has 0 radical (unpaired) electrons. The zero-order valence-corrected chi connectivity index (χ0v) is 20.4. The van der Waals surface area contributed by atoms with Gasteiger partial charge in [-0.2, -0.15) is 0 Å². The maximum atomic E-state index is 15.0. The van der Waals surface area contributed by atoms with Crippen molar-refractivity contribution in [2.24, 2.45) is 5.92 Å². The van der Waals surface area contributed by atoms with Crippen LogP contribution in [0, 0.1) is 17.6 Å². The molecule has 0 bridgehead atoms. The van der Waals surface area contributed by atoms with Crippen LogP contribution in [-0.2, 0) is 25.9 Å². The van der Waals surface area contributed by atoms with Gasteiger partial charge in [0, 0.05) is 10.9 Å². The van der Waals surface area contributed by atoms with Crippen molar-refractivity contribution in [3.63, 3.8) is 0 Å².